The number of nitrogens with zero attached hydrogens (tertiary/aromatic N) is 2. The lowest BCUT2D eigenvalue weighted by Crippen LogP contribution is -2.29. The molecule has 0 heterocycles. The second-order valence-corrected chi connectivity index (χ2v) is 9.02. The van der Waals surface area contributed by atoms with E-state index in [1.807, 2.05) is 6.07 Å². The number of hydrazone groups is 1. The van der Waals surface area contributed by atoms with E-state index in [0.717, 1.165) is 17.4 Å². The molecule has 0 spiro atoms. The van der Waals surface area contributed by atoms with Crippen LogP contribution in [-0.4, -0.2) is 41.0 Å². The second kappa shape index (κ2) is 10.6. The van der Waals surface area contributed by atoms with Crippen molar-refractivity contribution in [1.82, 2.24) is 5.43 Å². The van der Waals surface area contributed by atoms with Gasteiger partial charge in [-0.25, -0.2) is 13.8 Å². The Morgan fingerprint density at radius 1 is 0.970 bits per heavy atom. The third-order valence-electron chi connectivity index (χ3n) is 4.77. The summed E-state index contributed by atoms with van der Waals surface area (Å²) in [6, 6.07) is 20.8. The van der Waals surface area contributed by atoms with Crippen LogP contribution in [0.3, 0.4) is 0 Å². The van der Waals surface area contributed by atoms with Crippen LogP contribution in [0, 0.1) is 0 Å². The Morgan fingerprint density at radius 2 is 1.64 bits per heavy atom. The molecule has 0 aliphatic rings. The van der Waals surface area contributed by atoms with E-state index in [4.69, 9.17) is 9.47 Å². The molecule has 0 aliphatic carbocycles. The Morgan fingerprint density at radius 3 is 2.24 bits per heavy atom. The summed E-state index contributed by atoms with van der Waals surface area (Å²) < 4.78 is 36.3. The zero-order valence-electron chi connectivity index (χ0n) is 18.6. The number of para-hydroxylation sites is 1. The summed E-state index contributed by atoms with van der Waals surface area (Å²) in [4.78, 5) is 12.4. The Hall–Kier alpha value is -3.85. The van der Waals surface area contributed by atoms with E-state index < -0.39 is 10.0 Å². The predicted octanol–water partition coefficient (Wildman–Crippen LogP) is 3.43. The topological polar surface area (TPSA) is 97.3 Å². The molecule has 0 saturated heterocycles. The lowest BCUT2D eigenvalue weighted by molar-refractivity contribution is 0.0955. The zero-order valence-corrected chi connectivity index (χ0v) is 19.4. The van der Waals surface area contributed by atoms with Crippen LogP contribution in [0.15, 0.2) is 77.9 Å². The molecule has 33 heavy (non-hydrogen) atoms. The van der Waals surface area contributed by atoms with E-state index >= 15 is 0 Å². The molecule has 0 saturated carbocycles. The number of rotatable bonds is 9. The van der Waals surface area contributed by atoms with E-state index in [9.17, 15) is 13.2 Å². The Labute approximate surface area is 193 Å². The van der Waals surface area contributed by atoms with Gasteiger partial charge in [-0.2, -0.15) is 5.10 Å². The van der Waals surface area contributed by atoms with E-state index in [-0.39, 0.29) is 12.5 Å². The number of hydrogen-bond donors (Lipinski definition) is 1. The molecule has 0 aliphatic heterocycles. The van der Waals surface area contributed by atoms with Gasteiger partial charge in [-0.05, 0) is 53.6 Å². The monoisotopic (exact) mass is 467 g/mol. The SMILES string of the molecule is COc1ccc(/C=N\NC(=O)c2ccc(CN(c3ccccc3)S(C)(=O)=O)cc2)cc1OC. The van der Waals surface area contributed by atoms with Gasteiger partial charge in [0, 0.05) is 5.56 Å². The molecule has 1 N–H and O–H groups in total. The van der Waals surface area contributed by atoms with Crippen LogP contribution in [0.1, 0.15) is 21.5 Å². The molecule has 0 fully saturated rings. The lowest BCUT2D eigenvalue weighted by Gasteiger charge is -2.22. The van der Waals surface area contributed by atoms with Gasteiger partial charge in [-0.15, -0.1) is 0 Å². The van der Waals surface area contributed by atoms with Crippen molar-refractivity contribution in [3.63, 3.8) is 0 Å². The minimum atomic E-state index is -3.47. The number of anilines is 1. The average Bonchev–Trinajstić information content (AvgIpc) is 2.82. The normalized spacial score (nSPS) is 11.2. The highest BCUT2D eigenvalue weighted by molar-refractivity contribution is 7.92. The second-order valence-electron chi connectivity index (χ2n) is 7.12. The van der Waals surface area contributed by atoms with Crippen LogP contribution in [0.25, 0.3) is 0 Å². The minimum Gasteiger partial charge on any atom is -0.493 e. The van der Waals surface area contributed by atoms with Crippen LogP contribution in [0.2, 0.25) is 0 Å². The largest absolute Gasteiger partial charge is 0.493 e. The van der Waals surface area contributed by atoms with Crippen molar-refractivity contribution in [2.45, 2.75) is 6.54 Å². The number of sulfonamides is 1. The highest BCUT2D eigenvalue weighted by Crippen LogP contribution is 2.26. The number of ether oxygens (including phenoxy) is 2. The van der Waals surface area contributed by atoms with E-state index in [1.54, 1.807) is 80.9 Å². The van der Waals surface area contributed by atoms with Gasteiger partial charge in [0.2, 0.25) is 10.0 Å². The first-order valence-corrected chi connectivity index (χ1v) is 11.8. The fourth-order valence-corrected chi connectivity index (χ4v) is 3.97. The summed E-state index contributed by atoms with van der Waals surface area (Å²) in [5.41, 5.74) is 4.92. The number of amides is 1. The smallest absolute Gasteiger partial charge is 0.271 e. The predicted molar refractivity (Wildman–Crippen MR) is 129 cm³/mol. The van der Waals surface area contributed by atoms with Gasteiger partial charge in [-0.3, -0.25) is 9.10 Å². The zero-order chi connectivity index (χ0) is 23.8. The van der Waals surface area contributed by atoms with Crippen LogP contribution < -0.4 is 19.2 Å². The minimum absolute atomic E-state index is 0.155. The number of nitrogens with one attached hydrogen (secondary N) is 1. The molecule has 0 unspecified atom stereocenters. The Balaban J connectivity index is 1.66. The van der Waals surface area contributed by atoms with Crippen molar-refractivity contribution in [2.24, 2.45) is 5.10 Å². The fraction of sp³-hybridized carbons (Fsp3) is 0.167. The highest BCUT2D eigenvalue weighted by Gasteiger charge is 2.17. The van der Waals surface area contributed by atoms with Gasteiger partial charge >= 0.3 is 0 Å². The van der Waals surface area contributed by atoms with Gasteiger partial charge in [0.25, 0.3) is 5.91 Å². The maximum absolute atomic E-state index is 12.4. The molecule has 9 heteroatoms. The first kappa shape index (κ1) is 23.8. The van der Waals surface area contributed by atoms with E-state index in [0.29, 0.717) is 22.7 Å². The van der Waals surface area contributed by atoms with Gasteiger partial charge in [0.1, 0.15) is 0 Å². The van der Waals surface area contributed by atoms with Crippen molar-refractivity contribution < 1.29 is 22.7 Å². The molecule has 3 aromatic rings. The third kappa shape index (κ3) is 6.33. The van der Waals surface area contributed by atoms with Crippen LogP contribution in [0.4, 0.5) is 5.69 Å². The van der Waals surface area contributed by atoms with E-state index in [2.05, 4.69) is 10.5 Å². The van der Waals surface area contributed by atoms with Gasteiger partial charge < -0.3 is 9.47 Å². The maximum atomic E-state index is 12.4. The summed E-state index contributed by atoms with van der Waals surface area (Å²) in [6.45, 7) is 0.155. The van der Waals surface area contributed by atoms with Crippen LogP contribution >= 0.6 is 0 Å². The molecule has 1 amide bonds. The summed E-state index contributed by atoms with van der Waals surface area (Å²) in [7, 11) is -0.379. The van der Waals surface area contributed by atoms with E-state index in [1.165, 1.54) is 10.5 Å². The Kier molecular flexibility index (Phi) is 7.68. The lowest BCUT2D eigenvalue weighted by atomic mass is 10.1. The van der Waals surface area contributed by atoms with Gasteiger partial charge in [0.15, 0.2) is 11.5 Å². The molecule has 172 valence electrons. The van der Waals surface area contributed by atoms with Crippen molar-refractivity contribution in [2.75, 3.05) is 24.8 Å². The first-order valence-electron chi connectivity index (χ1n) is 9.99. The number of methoxy groups -OCH3 is 2. The molecule has 0 atom stereocenters. The number of hydrogen-bond acceptors (Lipinski definition) is 6. The molecule has 0 bridgehead atoms. The van der Waals surface area contributed by atoms with Crippen molar-refractivity contribution >= 4 is 27.8 Å². The standard InChI is InChI=1S/C24H25N3O5S/c1-31-22-14-11-19(15-23(22)32-2)16-25-26-24(28)20-12-9-18(10-13-20)17-27(33(3,29)30)21-7-5-4-6-8-21/h4-16H,17H2,1-3H3,(H,26,28)/b25-16-. The van der Waals surface area contributed by atoms with Gasteiger partial charge in [0.05, 0.1) is 38.9 Å². The van der Waals surface area contributed by atoms with Crippen molar-refractivity contribution in [3.05, 3.63) is 89.5 Å². The number of benzene rings is 3. The molecule has 3 aromatic carbocycles. The van der Waals surface area contributed by atoms with Crippen LogP contribution in [0.5, 0.6) is 11.5 Å². The average molecular weight is 468 g/mol. The fourth-order valence-electron chi connectivity index (χ4n) is 3.08. The molecular formula is C24H25N3O5S. The molecule has 8 nitrogen and oxygen atoms in total. The van der Waals surface area contributed by atoms with Crippen molar-refractivity contribution in [1.29, 1.82) is 0 Å². The maximum Gasteiger partial charge on any atom is 0.271 e. The van der Waals surface area contributed by atoms with Crippen molar-refractivity contribution in [3.8, 4) is 11.5 Å². The summed E-state index contributed by atoms with van der Waals surface area (Å²) >= 11 is 0. The first-order chi connectivity index (χ1) is 15.8. The number of carbonyl (C=O) groups excluding carboxylic acids is 1. The summed E-state index contributed by atoms with van der Waals surface area (Å²) in [5.74, 6) is 0.767. The Bertz CT molecular complexity index is 1230. The summed E-state index contributed by atoms with van der Waals surface area (Å²) in [5, 5.41) is 3.98. The molecule has 0 aromatic heterocycles. The quantitative estimate of drug-likeness (QED) is 0.384. The summed E-state index contributed by atoms with van der Waals surface area (Å²) in [6.07, 6.45) is 2.66. The van der Waals surface area contributed by atoms with Gasteiger partial charge in [-0.1, -0.05) is 30.3 Å². The number of carbonyl (C=O) groups is 1. The molecule has 0 radical (unpaired) electrons. The highest BCUT2D eigenvalue weighted by atomic mass is 32.2. The molecule has 3 rings (SSSR count). The van der Waals surface area contributed by atoms with Crippen LogP contribution in [-0.2, 0) is 16.6 Å². The third-order valence-corrected chi connectivity index (χ3v) is 5.91. The molecular weight excluding hydrogens is 442 g/mol.